The molecule has 2 heterocycles. The maximum atomic E-state index is 7.45. The van der Waals surface area contributed by atoms with Crippen LogP contribution in [-0.4, -0.2) is 0 Å². The molecular weight excluding hydrogens is 723 g/mol. The van der Waals surface area contributed by atoms with Crippen molar-refractivity contribution < 1.29 is 4.74 Å². The van der Waals surface area contributed by atoms with Gasteiger partial charge in [0.15, 0.2) is 11.5 Å². The van der Waals surface area contributed by atoms with E-state index < -0.39 is 5.41 Å². The first-order valence-corrected chi connectivity index (χ1v) is 20.7. The number of rotatable bonds is 3. The van der Waals surface area contributed by atoms with Gasteiger partial charge in [-0.15, -0.1) is 11.3 Å². The van der Waals surface area contributed by atoms with E-state index in [1.54, 1.807) is 0 Å². The summed E-state index contributed by atoms with van der Waals surface area (Å²) in [5, 5.41) is 2.63. The summed E-state index contributed by atoms with van der Waals surface area (Å²) in [5.74, 6) is 1.74. The van der Waals surface area contributed by atoms with Crippen molar-refractivity contribution in [3.63, 3.8) is 0 Å². The summed E-state index contributed by atoms with van der Waals surface area (Å²) in [6, 6.07) is 73.4. The van der Waals surface area contributed by atoms with Gasteiger partial charge < -0.3 is 9.64 Å². The largest absolute Gasteiger partial charge is 0.453 e. The van der Waals surface area contributed by atoms with Crippen molar-refractivity contribution in [2.45, 2.75) is 5.41 Å². The normalized spacial score (nSPS) is 13.8. The van der Waals surface area contributed by atoms with Crippen molar-refractivity contribution >= 4 is 48.6 Å². The first-order valence-electron chi connectivity index (χ1n) is 19.9. The minimum absolute atomic E-state index is 0.538. The minimum atomic E-state index is -0.538. The quantitative estimate of drug-likeness (QED) is 0.178. The van der Waals surface area contributed by atoms with Gasteiger partial charge in [0.2, 0.25) is 0 Å². The summed E-state index contributed by atoms with van der Waals surface area (Å²) >= 11 is 1.87. The minimum Gasteiger partial charge on any atom is -0.453 e. The highest BCUT2D eigenvalue weighted by Gasteiger charge is 2.54. The molecule has 270 valence electrons. The zero-order valence-corrected chi connectivity index (χ0v) is 32.1. The van der Waals surface area contributed by atoms with Gasteiger partial charge in [-0.25, -0.2) is 0 Å². The van der Waals surface area contributed by atoms with E-state index in [4.69, 9.17) is 4.74 Å². The van der Waals surface area contributed by atoms with Gasteiger partial charge in [-0.05, 0) is 104 Å². The highest BCUT2D eigenvalue weighted by atomic mass is 32.1. The Hall–Kier alpha value is -7.20. The molecule has 2 aliphatic carbocycles. The first-order chi connectivity index (χ1) is 28.8. The highest BCUT2D eigenvalue weighted by molar-refractivity contribution is 7.26. The first kappa shape index (κ1) is 31.9. The third-order valence-electron chi connectivity index (χ3n) is 12.7. The van der Waals surface area contributed by atoms with Crippen molar-refractivity contribution in [1.82, 2.24) is 0 Å². The van der Waals surface area contributed by atoms with E-state index in [1.165, 1.54) is 75.8 Å². The van der Waals surface area contributed by atoms with E-state index in [2.05, 4.69) is 205 Å². The van der Waals surface area contributed by atoms with E-state index >= 15 is 0 Å². The topological polar surface area (TPSA) is 12.5 Å². The van der Waals surface area contributed by atoms with Gasteiger partial charge in [-0.2, -0.15) is 0 Å². The summed E-state index contributed by atoms with van der Waals surface area (Å²) in [7, 11) is 0. The van der Waals surface area contributed by atoms with Crippen LogP contribution in [-0.2, 0) is 5.41 Å². The lowest BCUT2D eigenvalue weighted by molar-refractivity contribution is 0.466. The van der Waals surface area contributed by atoms with Gasteiger partial charge in [0.1, 0.15) is 0 Å². The third-order valence-corrected chi connectivity index (χ3v) is 13.9. The highest BCUT2D eigenvalue weighted by Crippen LogP contribution is 2.67. The number of anilines is 3. The van der Waals surface area contributed by atoms with Crippen molar-refractivity contribution in [3.05, 3.63) is 222 Å². The molecule has 0 unspecified atom stereocenters. The Morgan fingerprint density at radius 3 is 1.78 bits per heavy atom. The fraction of sp³-hybridized carbons (Fsp3) is 0.0182. The molecular formula is C55H33NOS. The zero-order valence-electron chi connectivity index (χ0n) is 31.3. The molecule has 0 atom stereocenters. The second-order valence-corrected chi connectivity index (χ2v) is 16.6. The summed E-state index contributed by atoms with van der Waals surface area (Å²) in [4.78, 5) is 2.39. The number of hydrogen-bond donors (Lipinski definition) is 0. The number of nitrogens with zero attached hydrogens (tertiary/aromatic N) is 1. The zero-order chi connectivity index (χ0) is 38.0. The fourth-order valence-electron chi connectivity index (χ4n) is 10.3. The Morgan fingerprint density at radius 1 is 0.414 bits per heavy atom. The Labute approximate surface area is 340 Å². The summed E-state index contributed by atoms with van der Waals surface area (Å²) in [6.45, 7) is 0. The molecule has 0 fully saturated rings. The van der Waals surface area contributed by atoms with Crippen LogP contribution in [0.1, 0.15) is 22.3 Å². The maximum absolute atomic E-state index is 7.45. The van der Waals surface area contributed by atoms with Crippen LogP contribution in [0.3, 0.4) is 0 Å². The molecule has 0 N–H and O–H groups in total. The number of benzene rings is 9. The predicted molar refractivity (Wildman–Crippen MR) is 241 cm³/mol. The summed E-state index contributed by atoms with van der Waals surface area (Å²) in [5.41, 5.74) is 17.5. The van der Waals surface area contributed by atoms with E-state index in [0.717, 1.165) is 39.7 Å². The second kappa shape index (κ2) is 11.9. The Bertz CT molecular complexity index is 3280. The Kier molecular flexibility index (Phi) is 6.56. The standard InChI is InChI=1S/C55H33NOS/c1-2-16-37(17-3-1)56-48-30-28-35(34-14-12-15-36(32-34)38-22-13-23-44-42-21-7-11-27-51(42)58-54(38)44)33-50(48)57-53-49(56)31-29-43-41-20-6-10-26-47(41)55(52(43)53)45-24-8-4-18-39(45)40-19-5-9-25-46(40)55/h1-33H. The number of hydrogen-bond acceptors (Lipinski definition) is 3. The molecule has 0 amide bonds. The Balaban J connectivity index is 1.03. The van der Waals surface area contributed by atoms with Crippen LogP contribution < -0.4 is 9.64 Å². The molecule has 1 aromatic heterocycles. The lowest BCUT2D eigenvalue weighted by atomic mass is 9.70. The molecule has 3 heteroatoms. The second-order valence-electron chi connectivity index (χ2n) is 15.5. The lowest BCUT2D eigenvalue weighted by Gasteiger charge is -2.37. The molecule has 58 heavy (non-hydrogen) atoms. The lowest BCUT2D eigenvalue weighted by Crippen LogP contribution is -2.28. The van der Waals surface area contributed by atoms with Crippen LogP contribution in [0.2, 0.25) is 0 Å². The van der Waals surface area contributed by atoms with Gasteiger partial charge in [-0.1, -0.05) is 158 Å². The maximum Gasteiger partial charge on any atom is 0.156 e. The number of para-hydroxylation sites is 1. The monoisotopic (exact) mass is 755 g/mol. The van der Waals surface area contributed by atoms with Gasteiger partial charge >= 0.3 is 0 Å². The van der Waals surface area contributed by atoms with Gasteiger partial charge in [-0.3, -0.25) is 0 Å². The van der Waals surface area contributed by atoms with Crippen LogP contribution in [0.25, 0.3) is 64.7 Å². The van der Waals surface area contributed by atoms with E-state index in [0.29, 0.717) is 0 Å². The molecule has 0 bridgehead atoms. The number of thiophene rings is 1. The third kappa shape index (κ3) is 4.21. The average molecular weight is 756 g/mol. The molecule has 0 saturated heterocycles. The average Bonchev–Trinajstić information content (AvgIpc) is 3.93. The van der Waals surface area contributed by atoms with Crippen LogP contribution in [0.4, 0.5) is 17.1 Å². The van der Waals surface area contributed by atoms with Crippen molar-refractivity contribution in [2.24, 2.45) is 0 Å². The molecule has 0 radical (unpaired) electrons. The van der Waals surface area contributed by atoms with Crippen molar-refractivity contribution in [1.29, 1.82) is 0 Å². The smallest absolute Gasteiger partial charge is 0.156 e. The van der Waals surface area contributed by atoms with Crippen molar-refractivity contribution in [2.75, 3.05) is 4.90 Å². The van der Waals surface area contributed by atoms with E-state index in [-0.39, 0.29) is 0 Å². The van der Waals surface area contributed by atoms with Crippen LogP contribution in [0.5, 0.6) is 11.5 Å². The van der Waals surface area contributed by atoms with E-state index in [9.17, 15) is 0 Å². The van der Waals surface area contributed by atoms with Gasteiger partial charge in [0.05, 0.1) is 16.8 Å². The molecule has 10 aromatic rings. The van der Waals surface area contributed by atoms with Gasteiger partial charge in [0.25, 0.3) is 0 Å². The molecule has 2 nitrogen and oxygen atoms in total. The molecule has 13 rings (SSSR count). The van der Waals surface area contributed by atoms with Crippen LogP contribution >= 0.6 is 11.3 Å². The molecule has 0 saturated carbocycles. The fourth-order valence-corrected chi connectivity index (χ4v) is 11.6. The Morgan fingerprint density at radius 2 is 1.00 bits per heavy atom. The molecule has 1 aliphatic heterocycles. The summed E-state index contributed by atoms with van der Waals surface area (Å²) < 4.78 is 10.1. The SMILES string of the molecule is c1ccc(N2c3ccc(-c4cccc(-c5cccc6c5sc5ccccc56)c4)cc3Oc3c2ccc2c3C3(c4ccccc4-c4ccccc43)c3ccccc3-2)cc1. The van der Waals surface area contributed by atoms with Gasteiger partial charge in [0, 0.05) is 31.4 Å². The number of ether oxygens (including phenoxy) is 1. The predicted octanol–water partition coefficient (Wildman–Crippen LogP) is 15.3. The summed E-state index contributed by atoms with van der Waals surface area (Å²) in [6.07, 6.45) is 0. The van der Waals surface area contributed by atoms with Crippen molar-refractivity contribution in [3.8, 4) is 56.0 Å². The molecule has 9 aromatic carbocycles. The van der Waals surface area contributed by atoms with Crippen LogP contribution in [0, 0.1) is 0 Å². The van der Waals surface area contributed by atoms with E-state index in [1.807, 2.05) is 11.3 Å². The molecule has 3 aliphatic rings. The van der Waals surface area contributed by atoms with Crippen LogP contribution in [0.15, 0.2) is 200 Å². The number of fused-ring (bicyclic) bond motifs is 16. The molecule has 1 spiro atoms.